The first-order chi connectivity index (χ1) is 14.2. The lowest BCUT2D eigenvalue weighted by molar-refractivity contribution is -0.0588. The molecule has 2 rings (SSSR count). The maximum Gasteiger partial charge on any atom is 0.409 e. The molecular formula is C20H32ClN3O5S. The van der Waals surface area contributed by atoms with Gasteiger partial charge in [-0.15, -0.1) is 0 Å². The maximum atomic E-state index is 12.4. The topological polar surface area (TPSA) is 122 Å². The fourth-order valence-corrected chi connectivity index (χ4v) is 4.46. The van der Waals surface area contributed by atoms with Crippen LogP contribution in [-0.2, 0) is 20.5 Å². The second-order valence-corrected chi connectivity index (χ2v) is 9.55. The predicted octanol–water partition coefficient (Wildman–Crippen LogP) is 2.75. The van der Waals surface area contributed by atoms with Crippen molar-refractivity contribution in [3.63, 3.8) is 0 Å². The summed E-state index contributed by atoms with van der Waals surface area (Å²) in [5.74, 6) is -0.238. The Labute approximate surface area is 183 Å². The van der Waals surface area contributed by atoms with Gasteiger partial charge in [0.25, 0.3) is 10.2 Å². The van der Waals surface area contributed by atoms with E-state index < -0.39 is 15.8 Å². The summed E-state index contributed by atoms with van der Waals surface area (Å²) >= 11 is 6.16. The summed E-state index contributed by atoms with van der Waals surface area (Å²) in [4.78, 5) is 14.1. The maximum absolute atomic E-state index is 12.4. The number of nitrogens with zero attached hydrogens (tertiary/aromatic N) is 1. The van der Waals surface area contributed by atoms with Gasteiger partial charge in [0.2, 0.25) is 0 Å². The molecule has 1 aromatic rings. The van der Waals surface area contributed by atoms with Crippen LogP contribution in [0.1, 0.15) is 51.0 Å². The molecular weight excluding hydrogens is 430 g/mol. The molecule has 1 heterocycles. The van der Waals surface area contributed by atoms with Gasteiger partial charge in [0.1, 0.15) is 0 Å². The summed E-state index contributed by atoms with van der Waals surface area (Å²) in [5, 5.41) is 17.2. The molecule has 1 aliphatic rings. The normalized spacial score (nSPS) is 19.3. The van der Waals surface area contributed by atoms with Crippen LogP contribution in [-0.4, -0.2) is 50.8 Å². The fraction of sp³-hybridized carbons (Fsp3) is 0.650. The number of nitrogens with two attached hydrogens (primary N) is 1. The van der Waals surface area contributed by atoms with E-state index in [0.29, 0.717) is 43.1 Å². The zero-order valence-corrected chi connectivity index (χ0v) is 18.9. The van der Waals surface area contributed by atoms with E-state index in [0.717, 1.165) is 25.7 Å². The van der Waals surface area contributed by atoms with E-state index in [4.69, 9.17) is 21.5 Å². The molecule has 2 atom stereocenters. The van der Waals surface area contributed by atoms with E-state index in [1.165, 1.54) is 0 Å². The van der Waals surface area contributed by atoms with Crippen molar-refractivity contribution in [1.29, 1.82) is 0 Å². The van der Waals surface area contributed by atoms with Crippen molar-refractivity contribution in [2.45, 2.75) is 51.0 Å². The Hall–Kier alpha value is -1.39. The third-order valence-electron chi connectivity index (χ3n) is 5.44. The van der Waals surface area contributed by atoms with Gasteiger partial charge in [0.15, 0.2) is 0 Å². The number of hydrogen-bond donors (Lipinski definition) is 3. The highest BCUT2D eigenvalue weighted by atomic mass is 35.5. The summed E-state index contributed by atoms with van der Waals surface area (Å²) in [5.41, 5.74) is -0.621. The number of hydrogen-bond acceptors (Lipinski definition) is 5. The summed E-state index contributed by atoms with van der Waals surface area (Å²) in [7, 11) is -3.79. The molecule has 8 nitrogen and oxygen atoms in total. The zero-order valence-electron chi connectivity index (χ0n) is 17.3. The van der Waals surface area contributed by atoms with Gasteiger partial charge in [-0.05, 0) is 49.8 Å². The Bertz CT molecular complexity index is 807. The van der Waals surface area contributed by atoms with Gasteiger partial charge in [-0.25, -0.2) is 14.7 Å². The Morgan fingerprint density at radius 1 is 1.43 bits per heavy atom. The van der Waals surface area contributed by atoms with Crippen molar-refractivity contribution < 1.29 is 23.1 Å². The number of ether oxygens (including phenoxy) is 1. The molecule has 170 valence electrons. The number of halogens is 1. The summed E-state index contributed by atoms with van der Waals surface area (Å²) in [6.07, 6.45) is 3.52. The van der Waals surface area contributed by atoms with E-state index in [9.17, 15) is 18.3 Å². The molecule has 1 aliphatic heterocycles. The van der Waals surface area contributed by atoms with Crippen molar-refractivity contribution in [1.82, 2.24) is 9.62 Å². The average molecular weight is 462 g/mol. The van der Waals surface area contributed by atoms with Crippen LogP contribution >= 0.6 is 11.6 Å². The van der Waals surface area contributed by atoms with Crippen LogP contribution in [0.15, 0.2) is 24.3 Å². The molecule has 1 saturated heterocycles. The van der Waals surface area contributed by atoms with Gasteiger partial charge in [-0.2, -0.15) is 8.42 Å². The van der Waals surface area contributed by atoms with Crippen LogP contribution in [0.25, 0.3) is 0 Å². The van der Waals surface area contributed by atoms with Crippen LogP contribution in [0.2, 0.25) is 5.02 Å². The highest BCUT2D eigenvalue weighted by molar-refractivity contribution is 7.87. The molecule has 30 heavy (non-hydrogen) atoms. The minimum atomic E-state index is -3.79. The largest absolute Gasteiger partial charge is 0.449 e. The van der Waals surface area contributed by atoms with Crippen molar-refractivity contribution in [2.75, 3.05) is 26.2 Å². The first-order valence-electron chi connectivity index (χ1n) is 10.3. The Morgan fingerprint density at radius 3 is 2.87 bits per heavy atom. The van der Waals surface area contributed by atoms with Crippen molar-refractivity contribution in [3.05, 3.63) is 34.9 Å². The van der Waals surface area contributed by atoms with E-state index in [1.807, 2.05) is 6.92 Å². The van der Waals surface area contributed by atoms with E-state index in [1.54, 1.807) is 29.2 Å². The molecule has 1 amide bonds. The molecule has 0 radical (unpaired) electrons. The molecule has 0 aromatic heterocycles. The number of carbonyl (C=O) groups is 1. The Morgan fingerprint density at radius 2 is 2.20 bits per heavy atom. The van der Waals surface area contributed by atoms with E-state index in [2.05, 4.69) is 4.72 Å². The molecule has 10 heteroatoms. The second-order valence-electron chi connectivity index (χ2n) is 7.73. The number of aliphatic hydroxyl groups is 1. The van der Waals surface area contributed by atoms with E-state index >= 15 is 0 Å². The lowest BCUT2D eigenvalue weighted by Gasteiger charge is -2.42. The van der Waals surface area contributed by atoms with Crippen molar-refractivity contribution in [2.24, 2.45) is 11.1 Å². The molecule has 0 saturated carbocycles. The SMILES string of the molecule is CCCCOC(=O)N1CCCC([C@@](O)(CCCNS(N)(=O)=O)c2cccc(Cl)c2)C1. The number of unbranched alkanes of at least 4 members (excludes halogenated alkanes) is 1. The summed E-state index contributed by atoms with van der Waals surface area (Å²) in [6.45, 7) is 3.46. The molecule has 0 bridgehead atoms. The monoisotopic (exact) mass is 461 g/mol. The lowest BCUT2D eigenvalue weighted by atomic mass is 9.74. The zero-order chi connectivity index (χ0) is 22.2. The van der Waals surface area contributed by atoms with Crippen LogP contribution in [0.5, 0.6) is 0 Å². The molecule has 4 N–H and O–H groups in total. The first kappa shape index (κ1) is 24.9. The number of carbonyl (C=O) groups excluding carboxylic acids is 1. The lowest BCUT2D eigenvalue weighted by Crippen LogP contribution is -2.48. The van der Waals surface area contributed by atoms with Crippen molar-refractivity contribution in [3.8, 4) is 0 Å². The molecule has 1 fully saturated rings. The Balaban J connectivity index is 2.15. The second kappa shape index (κ2) is 11.3. The highest BCUT2D eigenvalue weighted by Crippen LogP contribution is 2.40. The summed E-state index contributed by atoms with van der Waals surface area (Å²) < 4.78 is 29.8. The van der Waals surface area contributed by atoms with Gasteiger partial charge < -0.3 is 14.7 Å². The van der Waals surface area contributed by atoms with Gasteiger partial charge in [0.05, 0.1) is 12.2 Å². The number of amides is 1. The minimum Gasteiger partial charge on any atom is -0.449 e. The van der Waals surface area contributed by atoms with E-state index in [-0.39, 0.29) is 18.6 Å². The van der Waals surface area contributed by atoms with Gasteiger partial charge >= 0.3 is 6.09 Å². The van der Waals surface area contributed by atoms with Gasteiger partial charge in [-0.3, -0.25) is 0 Å². The standard InChI is InChI=1S/C20H32ClN3O5S/c1-2-3-13-29-19(25)24-12-5-8-17(15-24)20(26,10-6-11-23-30(22,27)28)16-7-4-9-18(21)14-16/h4,7,9,14,17,23,26H,2-3,5-6,8,10-13,15H2,1H3,(H2,22,27,28)/t17?,20-/m1/s1. The molecule has 0 spiro atoms. The van der Waals surface area contributed by atoms with Crippen LogP contribution in [0, 0.1) is 5.92 Å². The van der Waals surface area contributed by atoms with Gasteiger partial charge in [0, 0.05) is 30.6 Å². The third-order valence-corrected chi connectivity index (χ3v) is 6.28. The fourth-order valence-electron chi connectivity index (χ4n) is 3.84. The number of piperidine rings is 1. The molecule has 1 aromatic carbocycles. The van der Waals surface area contributed by atoms with Gasteiger partial charge in [-0.1, -0.05) is 37.1 Å². The van der Waals surface area contributed by atoms with Crippen LogP contribution < -0.4 is 9.86 Å². The van der Waals surface area contributed by atoms with Crippen molar-refractivity contribution >= 4 is 27.9 Å². The summed E-state index contributed by atoms with van der Waals surface area (Å²) in [6, 6.07) is 7.02. The Kier molecular flexibility index (Phi) is 9.36. The quantitative estimate of drug-likeness (QED) is 0.462. The average Bonchev–Trinajstić information content (AvgIpc) is 2.70. The number of likely N-dealkylation sites (tertiary alicyclic amines) is 1. The molecule has 0 aliphatic carbocycles. The predicted molar refractivity (Wildman–Crippen MR) is 116 cm³/mol. The number of nitrogens with one attached hydrogen (secondary N) is 1. The first-order valence-corrected chi connectivity index (χ1v) is 12.3. The number of rotatable bonds is 10. The highest BCUT2D eigenvalue weighted by Gasteiger charge is 2.41. The third kappa shape index (κ3) is 7.39. The minimum absolute atomic E-state index is 0.108. The number of benzene rings is 1. The van der Waals surface area contributed by atoms with Crippen LogP contribution in [0.3, 0.4) is 0 Å². The molecule has 1 unspecified atom stereocenters. The van der Waals surface area contributed by atoms with Crippen LogP contribution in [0.4, 0.5) is 4.79 Å². The smallest absolute Gasteiger partial charge is 0.409 e.